The minimum Gasteiger partial charge on any atom is -0.238 e. The number of nitrogens with zero attached hydrogens (tertiary/aromatic N) is 1. The third kappa shape index (κ3) is 0.897. The van der Waals surface area contributed by atoms with Crippen molar-refractivity contribution in [1.29, 1.82) is 0 Å². The van der Waals surface area contributed by atoms with E-state index in [9.17, 15) is 0 Å². The van der Waals surface area contributed by atoms with Gasteiger partial charge in [0.1, 0.15) is 0 Å². The molecule has 1 saturated heterocycles. The first-order chi connectivity index (χ1) is 4.47. The molecule has 49 valence electrons. The van der Waals surface area contributed by atoms with Crippen LogP contribution in [-0.2, 0) is 0 Å². The largest absolute Gasteiger partial charge is 0.238 e. The molecule has 2 aliphatic rings. The molecule has 2 rings (SSSR count). The van der Waals surface area contributed by atoms with Gasteiger partial charge in [-0.2, -0.15) is 0 Å². The SMILES string of the molecule is C1=CCC2[N]CCC2C1. The average Bonchev–Trinajstić information content (AvgIpc) is 2.33. The van der Waals surface area contributed by atoms with Crippen LogP contribution in [0.25, 0.3) is 0 Å². The van der Waals surface area contributed by atoms with Gasteiger partial charge < -0.3 is 0 Å². The van der Waals surface area contributed by atoms with Crippen LogP contribution < -0.4 is 5.32 Å². The standard InChI is InChI=1S/C8H12N/c1-2-4-8-7(3-1)5-6-9-8/h1-2,7-8H,3-6H2. The smallest absolute Gasteiger partial charge is 0.0312 e. The molecule has 0 amide bonds. The Balaban J connectivity index is 2.07. The summed E-state index contributed by atoms with van der Waals surface area (Å²) < 4.78 is 0. The molecule has 1 nitrogen and oxygen atoms in total. The molecule has 1 aliphatic carbocycles. The van der Waals surface area contributed by atoms with Crippen LogP contribution in [0.1, 0.15) is 19.3 Å². The van der Waals surface area contributed by atoms with Crippen molar-refractivity contribution in [3.05, 3.63) is 12.2 Å². The van der Waals surface area contributed by atoms with Crippen LogP contribution in [0.15, 0.2) is 12.2 Å². The maximum absolute atomic E-state index is 4.51. The van der Waals surface area contributed by atoms with E-state index >= 15 is 0 Å². The Kier molecular flexibility index (Phi) is 1.31. The van der Waals surface area contributed by atoms with Crippen molar-refractivity contribution >= 4 is 0 Å². The third-order valence-corrected chi connectivity index (χ3v) is 2.39. The highest BCUT2D eigenvalue weighted by Crippen LogP contribution is 2.27. The summed E-state index contributed by atoms with van der Waals surface area (Å²) in [6.45, 7) is 1.12. The van der Waals surface area contributed by atoms with Crippen molar-refractivity contribution in [1.82, 2.24) is 5.32 Å². The summed E-state index contributed by atoms with van der Waals surface area (Å²) in [4.78, 5) is 0. The van der Waals surface area contributed by atoms with Crippen LogP contribution in [-0.4, -0.2) is 12.6 Å². The molecule has 0 bridgehead atoms. The van der Waals surface area contributed by atoms with Gasteiger partial charge in [0.25, 0.3) is 0 Å². The van der Waals surface area contributed by atoms with Crippen LogP contribution in [0.4, 0.5) is 0 Å². The molecule has 0 N–H and O–H groups in total. The molecule has 0 aromatic heterocycles. The van der Waals surface area contributed by atoms with Gasteiger partial charge in [-0.1, -0.05) is 12.2 Å². The van der Waals surface area contributed by atoms with E-state index in [0.29, 0.717) is 6.04 Å². The van der Waals surface area contributed by atoms with Gasteiger partial charge in [-0.15, -0.1) is 0 Å². The van der Waals surface area contributed by atoms with Gasteiger partial charge >= 0.3 is 0 Å². The fraction of sp³-hybridized carbons (Fsp3) is 0.750. The predicted octanol–water partition coefficient (Wildman–Crippen LogP) is 1.33. The Morgan fingerprint density at radius 1 is 1.22 bits per heavy atom. The number of hydrogen-bond donors (Lipinski definition) is 0. The van der Waals surface area contributed by atoms with Crippen LogP contribution in [0.3, 0.4) is 0 Å². The number of hydrogen-bond acceptors (Lipinski definition) is 0. The zero-order valence-corrected chi connectivity index (χ0v) is 5.59. The van der Waals surface area contributed by atoms with E-state index in [-0.39, 0.29) is 0 Å². The minimum atomic E-state index is 0.704. The molecule has 9 heavy (non-hydrogen) atoms. The fourth-order valence-corrected chi connectivity index (χ4v) is 1.80. The van der Waals surface area contributed by atoms with Gasteiger partial charge in [0.2, 0.25) is 0 Å². The highest BCUT2D eigenvalue weighted by Gasteiger charge is 2.27. The van der Waals surface area contributed by atoms with Crippen molar-refractivity contribution in [3.63, 3.8) is 0 Å². The van der Waals surface area contributed by atoms with E-state index < -0.39 is 0 Å². The molecular weight excluding hydrogens is 110 g/mol. The van der Waals surface area contributed by atoms with Crippen molar-refractivity contribution in [3.8, 4) is 0 Å². The molecule has 0 spiro atoms. The second kappa shape index (κ2) is 2.14. The van der Waals surface area contributed by atoms with Gasteiger partial charge in [-0.25, -0.2) is 5.32 Å². The second-order valence-electron chi connectivity index (χ2n) is 2.97. The summed E-state index contributed by atoms with van der Waals surface area (Å²) >= 11 is 0. The summed E-state index contributed by atoms with van der Waals surface area (Å²) in [5, 5.41) is 4.51. The van der Waals surface area contributed by atoms with Gasteiger partial charge in [0.15, 0.2) is 0 Å². The Bertz CT molecular complexity index is 115. The maximum Gasteiger partial charge on any atom is 0.0312 e. The summed E-state index contributed by atoms with van der Waals surface area (Å²) in [7, 11) is 0. The zero-order chi connectivity index (χ0) is 6.10. The van der Waals surface area contributed by atoms with E-state index in [2.05, 4.69) is 17.5 Å². The molecule has 0 aromatic rings. The van der Waals surface area contributed by atoms with Crippen LogP contribution in [0.2, 0.25) is 0 Å². The fourth-order valence-electron chi connectivity index (χ4n) is 1.80. The van der Waals surface area contributed by atoms with Crippen molar-refractivity contribution < 1.29 is 0 Å². The van der Waals surface area contributed by atoms with Crippen molar-refractivity contribution in [2.24, 2.45) is 5.92 Å². The van der Waals surface area contributed by atoms with Gasteiger partial charge in [0.05, 0.1) is 0 Å². The number of fused-ring (bicyclic) bond motifs is 1. The highest BCUT2D eigenvalue weighted by atomic mass is 14.9. The van der Waals surface area contributed by atoms with Crippen molar-refractivity contribution in [2.75, 3.05) is 6.54 Å². The summed E-state index contributed by atoms with van der Waals surface area (Å²) in [6, 6.07) is 0.704. The van der Waals surface area contributed by atoms with Gasteiger partial charge in [-0.3, -0.25) is 0 Å². The van der Waals surface area contributed by atoms with Gasteiger partial charge in [0, 0.05) is 12.6 Å². The molecule has 0 saturated carbocycles. The van der Waals surface area contributed by atoms with E-state index in [1.807, 2.05) is 0 Å². The highest BCUT2D eigenvalue weighted by molar-refractivity contribution is 5.00. The van der Waals surface area contributed by atoms with Crippen LogP contribution in [0, 0.1) is 5.92 Å². The topological polar surface area (TPSA) is 14.1 Å². The molecular formula is C8H12N. The summed E-state index contributed by atoms with van der Waals surface area (Å²) in [6.07, 6.45) is 8.42. The lowest BCUT2D eigenvalue weighted by Gasteiger charge is -2.18. The molecule has 1 fully saturated rings. The first-order valence-electron chi connectivity index (χ1n) is 3.78. The number of allylic oxidation sites excluding steroid dienone is 1. The second-order valence-corrected chi connectivity index (χ2v) is 2.97. The normalized spacial score (nSPS) is 40.9. The lowest BCUT2D eigenvalue weighted by Crippen LogP contribution is -2.22. The molecule has 1 aliphatic heterocycles. The van der Waals surface area contributed by atoms with Crippen molar-refractivity contribution in [2.45, 2.75) is 25.3 Å². The Hall–Kier alpha value is -0.300. The zero-order valence-electron chi connectivity index (χ0n) is 5.59. The Morgan fingerprint density at radius 3 is 3.00 bits per heavy atom. The molecule has 0 aromatic carbocycles. The molecule has 2 unspecified atom stereocenters. The third-order valence-electron chi connectivity index (χ3n) is 2.39. The number of rotatable bonds is 0. The minimum absolute atomic E-state index is 0.704. The van der Waals surface area contributed by atoms with E-state index in [4.69, 9.17) is 0 Å². The lowest BCUT2D eigenvalue weighted by atomic mass is 9.90. The average molecular weight is 122 g/mol. The summed E-state index contributed by atoms with van der Waals surface area (Å²) in [5.41, 5.74) is 0. The van der Waals surface area contributed by atoms with Gasteiger partial charge in [-0.05, 0) is 25.2 Å². The molecule has 1 heteroatoms. The van der Waals surface area contributed by atoms with Crippen LogP contribution in [0.5, 0.6) is 0 Å². The Labute approximate surface area is 56.1 Å². The maximum atomic E-state index is 4.51. The lowest BCUT2D eigenvalue weighted by molar-refractivity contribution is 0.435. The molecule has 1 radical (unpaired) electrons. The molecule has 2 atom stereocenters. The monoisotopic (exact) mass is 122 g/mol. The quantitative estimate of drug-likeness (QED) is 0.430. The first-order valence-corrected chi connectivity index (χ1v) is 3.78. The first kappa shape index (κ1) is 5.48. The van der Waals surface area contributed by atoms with E-state index in [1.165, 1.54) is 19.3 Å². The predicted molar refractivity (Wildman–Crippen MR) is 37.3 cm³/mol. The van der Waals surface area contributed by atoms with E-state index in [0.717, 1.165) is 12.5 Å². The van der Waals surface area contributed by atoms with E-state index in [1.54, 1.807) is 0 Å². The molecule has 1 heterocycles. The Morgan fingerprint density at radius 2 is 2.11 bits per heavy atom. The van der Waals surface area contributed by atoms with Crippen LogP contribution >= 0.6 is 0 Å². The summed E-state index contributed by atoms with van der Waals surface area (Å²) in [5.74, 6) is 0.912.